The highest BCUT2D eigenvalue weighted by atomic mass is 16.2. The van der Waals surface area contributed by atoms with Crippen LogP contribution in [-0.2, 0) is 11.8 Å². The molecular formula is C24H29N6O3+. The summed E-state index contributed by atoms with van der Waals surface area (Å²) in [4.78, 5) is 38.5. The van der Waals surface area contributed by atoms with E-state index >= 15 is 0 Å². The third-order valence-corrected chi connectivity index (χ3v) is 6.37. The topological polar surface area (TPSA) is 138 Å². The molecule has 1 aliphatic rings. The zero-order valence-electron chi connectivity index (χ0n) is 19.1. The molecule has 2 aromatic heterocycles. The lowest BCUT2D eigenvalue weighted by Gasteiger charge is -2.29. The van der Waals surface area contributed by atoms with Gasteiger partial charge in [-0.25, -0.2) is 0 Å². The fraction of sp³-hybridized carbons (Fsp3) is 0.375. The van der Waals surface area contributed by atoms with Gasteiger partial charge in [0.15, 0.2) is 12.8 Å². The SMILES string of the molecule is Cc1cc(-c2ccc(C(=O)[C@@H]3CCCC[C@H]3C(=O)Nc3c(C)[nH][n+](C)c3C(N)=O)cc2)n[nH]1. The fourth-order valence-electron chi connectivity index (χ4n) is 4.71. The summed E-state index contributed by atoms with van der Waals surface area (Å²) >= 11 is 0. The Morgan fingerprint density at radius 1 is 1.09 bits per heavy atom. The number of aromatic amines is 2. The van der Waals surface area contributed by atoms with Crippen molar-refractivity contribution in [2.45, 2.75) is 39.5 Å². The molecule has 4 rings (SSSR count). The number of Topliss-reactive ketones (excluding diaryl/α,β-unsaturated/α-hetero) is 1. The summed E-state index contributed by atoms with van der Waals surface area (Å²) in [5.74, 6) is -1.82. The number of primary amides is 1. The van der Waals surface area contributed by atoms with E-state index in [-0.39, 0.29) is 17.4 Å². The molecule has 33 heavy (non-hydrogen) atoms. The van der Waals surface area contributed by atoms with Gasteiger partial charge in [-0.15, -0.1) is 4.68 Å². The van der Waals surface area contributed by atoms with Gasteiger partial charge in [0.2, 0.25) is 5.91 Å². The molecule has 0 spiro atoms. The summed E-state index contributed by atoms with van der Waals surface area (Å²) < 4.78 is 1.49. The van der Waals surface area contributed by atoms with Crippen molar-refractivity contribution in [1.82, 2.24) is 15.3 Å². The van der Waals surface area contributed by atoms with Crippen molar-refractivity contribution in [2.75, 3.05) is 5.32 Å². The fourth-order valence-corrected chi connectivity index (χ4v) is 4.71. The summed E-state index contributed by atoms with van der Waals surface area (Å²) in [5, 5.41) is 13.0. The van der Waals surface area contributed by atoms with Crippen molar-refractivity contribution in [3.8, 4) is 11.3 Å². The minimum atomic E-state index is -0.638. The Morgan fingerprint density at radius 3 is 2.36 bits per heavy atom. The van der Waals surface area contributed by atoms with Crippen LogP contribution >= 0.6 is 0 Å². The predicted molar refractivity (Wildman–Crippen MR) is 122 cm³/mol. The number of nitrogens with two attached hydrogens (primary N) is 1. The number of anilines is 1. The number of ketones is 1. The highest BCUT2D eigenvalue weighted by Gasteiger charge is 2.37. The Bertz CT molecular complexity index is 1210. The van der Waals surface area contributed by atoms with E-state index in [1.165, 1.54) is 4.68 Å². The minimum absolute atomic E-state index is 0.0360. The number of carbonyl (C=O) groups excluding carboxylic acids is 3. The molecule has 9 heteroatoms. The monoisotopic (exact) mass is 449 g/mol. The van der Waals surface area contributed by atoms with Gasteiger partial charge < -0.3 is 11.1 Å². The average molecular weight is 450 g/mol. The molecule has 2 amide bonds. The van der Waals surface area contributed by atoms with Crippen LogP contribution < -0.4 is 15.7 Å². The molecule has 3 aromatic rings. The maximum absolute atomic E-state index is 13.4. The lowest BCUT2D eigenvalue weighted by molar-refractivity contribution is -0.728. The van der Waals surface area contributed by atoms with Gasteiger partial charge >= 0.3 is 11.6 Å². The standard InChI is InChI=1S/C24H28N6O3/c1-13-12-19(28-27-13)15-8-10-16(11-9-15)22(31)17-6-4-5-7-18(17)24(33)26-20-14(2)29-30(3)21(20)23(25)32/h8-12,17-18H,4-7H2,1-3H3,(H4,25,26,27,28,31,32,33)/p+1/t17-,18-/m1/s1. The summed E-state index contributed by atoms with van der Waals surface area (Å²) in [7, 11) is 1.66. The molecule has 1 aromatic carbocycles. The van der Waals surface area contributed by atoms with Crippen LogP contribution in [0, 0.1) is 25.7 Å². The largest absolute Gasteiger partial charge is 0.360 e. The van der Waals surface area contributed by atoms with E-state index < -0.39 is 17.7 Å². The number of nitrogens with one attached hydrogen (secondary N) is 3. The van der Waals surface area contributed by atoms with E-state index in [4.69, 9.17) is 5.73 Å². The Hall–Kier alpha value is -3.75. The molecule has 5 N–H and O–H groups in total. The number of nitrogens with zero attached hydrogens (tertiary/aromatic N) is 2. The van der Waals surface area contributed by atoms with Gasteiger partial charge in [0.1, 0.15) is 11.4 Å². The number of aryl methyl sites for hydroxylation is 3. The number of H-pyrrole nitrogens is 2. The Morgan fingerprint density at radius 2 is 1.76 bits per heavy atom. The van der Waals surface area contributed by atoms with E-state index in [9.17, 15) is 14.4 Å². The molecule has 0 aliphatic heterocycles. The van der Waals surface area contributed by atoms with Crippen LogP contribution in [0.2, 0.25) is 0 Å². The van der Waals surface area contributed by atoms with Gasteiger partial charge in [-0.3, -0.25) is 19.5 Å². The molecule has 2 heterocycles. The van der Waals surface area contributed by atoms with Crippen LogP contribution in [0.1, 0.15) is 57.9 Å². The summed E-state index contributed by atoms with van der Waals surface area (Å²) in [6.45, 7) is 3.69. The third-order valence-electron chi connectivity index (χ3n) is 6.37. The van der Waals surface area contributed by atoms with Crippen LogP contribution in [0.15, 0.2) is 30.3 Å². The molecule has 2 atom stereocenters. The number of hydrogen-bond acceptors (Lipinski definition) is 4. The smallest absolute Gasteiger partial charge is 0.318 e. The first-order valence-corrected chi connectivity index (χ1v) is 11.1. The Labute approximate surface area is 191 Å². The molecule has 1 aliphatic carbocycles. The molecule has 0 unspecified atom stereocenters. The second kappa shape index (κ2) is 9.01. The summed E-state index contributed by atoms with van der Waals surface area (Å²) in [6.07, 6.45) is 3.05. The molecule has 0 bridgehead atoms. The summed E-state index contributed by atoms with van der Waals surface area (Å²) in [6, 6.07) is 9.30. The zero-order chi connectivity index (χ0) is 23.7. The number of benzene rings is 1. The van der Waals surface area contributed by atoms with E-state index in [1.807, 2.05) is 25.1 Å². The second-order valence-corrected chi connectivity index (χ2v) is 8.75. The van der Waals surface area contributed by atoms with Gasteiger partial charge in [-0.2, -0.15) is 10.2 Å². The molecule has 1 saturated carbocycles. The third kappa shape index (κ3) is 4.44. The maximum Gasteiger partial charge on any atom is 0.318 e. The van der Waals surface area contributed by atoms with Crippen LogP contribution in [0.3, 0.4) is 0 Å². The molecule has 1 fully saturated rings. The van der Waals surface area contributed by atoms with Gasteiger partial charge in [0, 0.05) is 28.7 Å². The first kappa shape index (κ1) is 22.4. The Balaban J connectivity index is 1.54. The van der Waals surface area contributed by atoms with Crippen LogP contribution in [0.5, 0.6) is 0 Å². The van der Waals surface area contributed by atoms with Crippen molar-refractivity contribution in [3.63, 3.8) is 0 Å². The lowest BCUT2D eigenvalue weighted by Crippen LogP contribution is -2.40. The number of aromatic nitrogens is 4. The average Bonchev–Trinajstić information content (AvgIpc) is 3.35. The van der Waals surface area contributed by atoms with E-state index in [0.717, 1.165) is 29.8 Å². The molecule has 9 nitrogen and oxygen atoms in total. The lowest BCUT2D eigenvalue weighted by atomic mass is 9.75. The van der Waals surface area contributed by atoms with Crippen LogP contribution in [0.25, 0.3) is 11.3 Å². The molecule has 0 saturated heterocycles. The second-order valence-electron chi connectivity index (χ2n) is 8.75. The predicted octanol–water partition coefficient (Wildman–Crippen LogP) is 2.57. The maximum atomic E-state index is 13.4. The molecule has 0 radical (unpaired) electrons. The van der Waals surface area contributed by atoms with Gasteiger partial charge in [-0.1, -0.05) is 37.1 Å². The first-order chi connectivity index (χ1) is 15.8. The van der Waals surface area contributed by atoms with Gasteiger partial charge in [0.25, 0.3) is 0 Å². The minimum Gasteiger partial charge on any atom is -0.360 e. The van der Waals surface area contributed by atoms with Crippen LogP contribution in [0.4, 0.5) is 5.69 Å². The number of hydrogen-bond donors (Lipinski definition) is 4. The number of carbonyl (C=O) groups is 3. The number of rotatable bonds is 6. The van der Waals surface area contributed by atoms with Crippen molar-refractivity contribution in [3.05, 3.63) is 53.0 Å². The highest BCUT2D eigenvalue weighted by Crippen LogP contribution is 2.34. The van der Waals surface area contributed by atoms with Crippen molar-refractivity contribution >= 4 is 23.3 Å². The van der Waals surface area contributed by atoms with Gasteiger partial charge in [-0.05, 0) is 32.8 Å². The van der Waals surface area contributed by atoms with E-state index in [0.29, 0.717) is 29.8 Å². The molecule has 172 valence electrons. The first-order valence-electron chi connectivity index (χ1n) is 11.1. The highest BCUT2D eigenvalue weighted by molar-refractivity contribution is 6.05. The van der Waals surface area contributed by atoms with Crippen molar-refractivity contribution in [1.29, 1.82) is 0 Å². The quantitative estimate of drug-likeness (QED) is 0.339. The van der Waals surface area contributed by atoms with Crippen LogP contribution in [-0.4, -0.2) is 32.9 Å². The number of amides is 2. The van der Waals surface area contributed by atoms with Crippen molar-refractivity contribution in [2.24, 2.45) is 24.6 Å². The summed E-state index contributed by atoms with van der Waals surface area (Å²) in [5.41, 5.74) is 9.98. The zero-order valence-corrected chi connectivity index (χ0v) is 19.1. The van der Waals surface area contributed by atoms with Crippen molar-refractivity contribution < 1.29 is 19.1 Å². The van der Waals surface area contributed by atoms with Gasteiger partial charge in [0.05, 0.1) is 5.69 Å². The van der Waals surface area contributed by atoms with E-state index in [2.05, 4.69) is 20.6 Å². The normalized spacial score (nSPS) is 18.2. The molecular weight excluding hydrogens is 420 g/mol. The van der Waals surface area contributed by atoms with E-state index in [1.54, 1.807) is 26.1 Å². The Kier molecular flexibility index (Phi) is 6.13.